The molecule has 2 rings (SSSR count). The van der Waals surface area contributed by atoms with Crippen molar-refractivity contribution in [3.63, 3.8) is 0 Å². The maximum absolute atomic E-state index is 9.93. The molecule has 0 spiro atoms. The van der Waals surface area contributed by atoms with Crippen molar-refractivity contribution in [3.05, 3.63) is 58.6 Å². The van der Waals surface area contributed by atoms with Gasteiger partial charge in [-0.25, -0.2) is 0 Å². The van der Waals surface area contributed by atoms with Gasteiger partial charge < -0.3 is 15.2 Å². The van der Waals surface area contributed by atoms with Gasteiger partial charge in [0.05, 0.1) is 7.11 Å². The van der Waals surface area contributed by atoms with Crippen LogP contribution < -0.4 is 10.1 Å². The quantitative estimate of drug-likeness (QED) is 0.878. The molecule has 0 aliphatic heterocycles. The predicted molar refractivity (Wildman–Crippen MR) is 81.4 cm³/mol. The van der Waals surface area contributed by atoms with Gasteiger partial charge in [-0.1, -0.05) is 29.8 Å². The van der Waals surface area contributed by atoms with Crippen LogP contribution in [0.5, 0.6) is 11.5 Å². The molecule has 1 atom stereocenters. The second-order valence-electron chi connectivity index (χ2n) is 4.62. The summed E-state index contributed by atoms with van der Waals surface area (Å²) in [7, 11) is 1.61. The fraction of sp³-hybridized carbons (Fsp3) is 0.250. The van der Waals surface area contributed by atoms with Crippen molar-refractivity contribution in [2.24, 2.45) is 0 Å². The molecule has 0 saturated heterocycles. The van der Waals surface area contributed by atoms with Crippen LogP contribution >= 0.6 is 11.6 Å². The average Bonchev–Trinajstić information content (AvgIpc) is 2.46. The smallest absolute Gasteiger partial charge is 0.120 e. The highest BCUT2D eigenvalue weighted by Gasteiger charge is 2.11. The largest absolute Gasteiger partial charge is 0.508 e. The summed E-state index contributed by atoms with van der Waals surface area (Å²) in [6.45, 7) is 2.63. The summed E-state index contributed by atoms with van der Waals surface area (Å²) in [6.07, 6.45) is 0. The third-order valence-corrected chi connectivity index (χ3v) is 3.63. The molecule has 0 aliphatic carbocycles. The molecule has 2 aromatic carbocycles. The van der Waals surface area contributed by atoms with Crippen LogP contribution in [0.4, 0.5) is 0 Å². The van der Waals surface area contributed by atoms with Gasteiger partial charge in [-0.3, -0.25) is 0 Å². The third-order valence-electron chi connectivity index (χ3n) is 3.26. The number of hydrogen-bond donors (Lipinski definition) is 2. The predicted octanol–water partition coefficient (Wildman–Crippen LogP) is 3.91. The molecule has 0 fully saturated rings. The van der Waals surface area contributed by atoms with Gasteiger partial charge in [0.15, 0.2) is 0 Å². The van der Waals surface area contributed by atoms with Gasteiger partial charge in [0.1, 0.15) is 11.5 Å². The van der Waals surface area contributed by atoms with E-state index in [0.29, 0.717) is 6.54 Å². The highest BCUT2D eigenvalue weighted by molar-refractivity contribution is 6.31. The van der Waals surface area contributed by atoms with Crippen molar-refractivity contribution in [2.45, 2.75) is 19.5 Å². The van der Waals surface area contributed by atoms with Crippen LogP contribution in [0.1, 0.15) is 24.1 Å². The van der Waals surface area contributed by atoms with Crippen molar-refractivity contribution < 1.29 is 9.84 Å². The molecule has 1 unspecified atom stereocenters. The van der Waals surface area contributed by atoms with E-state index in [0.717, 1.165) is 21.9 Å². The molecule has 2 N–H and O–H groups in total. The zero-order valence-corrected chi connectivity index (χ0v) is 12.3. The van der Waals surface area contributed by atoms with Crippen LogP contribution in [0, 0.1) is 0 Å². The van der Waals surface area contributed by atoms with Crippen molar-refractivity contribution >= 4 is 11.6 Å². The van der Waals surface area contributed by atoms with Crippen molar-refractivity contribution in [1.29, 1.82) is 0 Å². The minimum atomic E-state index is -0.0126. The Labute approximate surface area is 124 Å². The Bertz CT molecular complexity index is 586. The Hall–Kier alpha value is -1.71. The molecule has 20 heavy (non-hydrogen) atoms. The molecular weight excluding hydrogens is 274 g/mol. The normalized spacial score (nSPS) is 12.2. The Balaban J connectivity index is 2.09. The van der Waals surface area contributed by atoms with E-state index < -0.39 is 0 Å². The van der Waals surface area contributed by atoms with Crippen LogP contribution in [0.3, 0.4) is 0 Å². The Morgan fingerprint density at radius 3 is 2.70 bits per heavy atom. The Kier molecular flexibility index (Phi) is 4.88. The lowest BCUT2D eigenvalue weighted by molar-refractivity contribution is 0.407. The summed E-state index contributed by atoms with van der Waals surface area (Å²) in [6, 6.07) is 12.9. The minimum absolute atomic E-state index is 0.0126. The van der Waals surface area contributed by atoms with Gasteiger partial charge in [-0.2, -0.15) is 0 Å². The summed E-state index contributed by atoms with van der Waals surface area (Å²) in [5.41, 5.74) is 1.83. The van der Waals surface area contributed by atoms with E-state index in [1.807, 2.05) is 37.3 Å². The number of phenols is 1. The lowest BCUT2D eigenvalue weighted by Crippen LogP contribution is -2.18. The van der Waals surface area contributed by atoms with Gasteiger partial charge in [-0.05, 0) is 36.8 Å². The Morgan fingerprint density at radius 1 is 1.25 bits per heavy atom. The van der Waals surface area contributed by atoms with Gasteiger partial charge in [0.2, 0.25) is 0 Å². The van der Waals surface area contributed by atoms with Gasteiger partial charge >= 0.3 is 0 Å². The van der Waals surface area contributed by atoms with Gasteiger partial charge in [0.25, 0.3) is 0 Å². The van der Waals surface area contributed by atoms with E-state index in [-0.39, 0.29) is 11.8 Å². The molecular formula is C16H18ClNO2. The summed E-state index contributed by atoms with van der Waals surface area (Å²) < 4.78 is 5.18. The number of rotatable bonds is 5. The molecule has 0 aliphatic rings. The first-order chi connectivity index (χ1) is 9.61. The second-order valence-corrected chi connectivity index (χ2v) is 5.03. The number of hydrogen-bond acceptors (Lipinski definition) is 3. The molecule has 0 heterocycles. The molecule has 3 nitrogen and oxygen atoms in total. The minimum Gasteiger partial charge on any atom is -0.508 e. The van der Waals surface area contributed by atoms with E-state index in [1.54, 1.807) is 19.2 Å². The fourth-order valence-electron chi connectivity index (χ4n) is 2.02. The first-order valence-electron chi connectivity index (χ1n) is 6.45. The highest BCUT2D eigenvalue weighted by atomic mass is 35.5. The van der Waals surface area contributed by atoms with Crippen molar-refractivity contribution in [3.8, 4) is 11.5 Å². The number of benzene rings is 2. The van der Waals surface area contributed by atoms with Gasteiger partial charge in [-0.15, -0.1) is 0 Å². The first-order valence-corrected chi connectivity index (χ1v) is 6.83. The molecule has 106 valence electrons. The highest BCUT2D eigenvalue weighted by Crippen LogP contribution is 2.28. The van der Waals surface area contributed by atoms with E-state index in [9.17, 15) is 5.11 Å². The maximum Gasteiger partial charge on any atom is 0.120 e. The summed E-state index contributed by atoms with van der Waals surface area (Å²) in [5.74, 6) is 0.981. The number of aromatic hydroxyl groups is 1. The molecule has 0 radical (unpaired) electrons. The number of ether oxygens (including phenoxy) is 1. The Morgan fingerprint density at radius 2 is 2.00 bits per heavy atom. The number of methoxy groups -OCH3 is 1. The van der Waals surface area contributed by atoms with Gasteiger partial charge in [0, 0.05) is 23.2 Å². The lowest BCUT2D eigenvalue weighted by atomic mass is 10.1. The molecule has 4 heteroatoms. The summed E-state index contributed by atoms with van der Waals surface area (Å²) in [5, 5.41) is 14.0. The number of halogens is 1. The van der Waals surface area contributed by atoms with Crippen LogP contribution in [0.15, 0.2) is 42.5 Å². The molecule has 0 aromatic heterocycles. The standard InChI is InChI=1S/C16H18ClNO2/c1-11(14-9-13(20-2)7-8-16(14)19)18-10-12-5-3-4-6-15(12)17/h3-9,11,18-19H,10H2,1-2H3. The third kappa shape index (κ3) is 3.44. The monoisotopic (exact) mass is 291 g/mol. The molecule has 0 amide bonds. The number of nitrogens with one attached hydrogen (secondary N) is 1. The lowest BCUT2D eigenvalue weighted by Gasteiger charge is -2.17. The molecule has 0 saturated carbocycles. The van der Waals surface area contributed by atoms with E-state index in [4.69, 9.17) is 16.3 Å². The SMILES string of the molecule is COc1ccc(O)c(C(C)NCc2ccccc2Cl)c1. The molecule has 2 aromatic rings. The van der Waals surface area contributed by atoms with E-state index in [2.05, 4.69) is 5.32 Å². The van der Waals surface area contributed by atoms with Crippen LogP contribution in [-0.2, 0) is 6.54 Å². The zero-order valence-electron chi connectivity index (χ0n) is 11.6. The van der Waals surface area contributed by atoms with Crippen molar-refractivity contribution in [2.75, 3.05) is 7.11 Å². The topological polar surface area (TPSA) is 41.5 Å². The summed E-state index contributed by atoms with van der Waals surface area (Å²) >= 11 is 6.12. The van der Waals surface area contributed by atoms with Crippen LogP contribution in [0.2, 0.25) is 5.02 Å². The summed E-state index contributed by atoms with van der Waals surface area (Å²) in [4.78, 5) is 0. The van der Waals surface area contributed by atoms with E-state index >= 15 is 0 Å². The van der Waals surface area contributed by atoms with Crippen LogP contribution in [0.25, 0.3) is 0 Å². The van der Waals surface area contributed by atoms with E-state index in [1.165, 1.54) is 0 Å². The maximum atomic E-state index is 9.93. The fourth-order valence-corrected chi connectivity index (χ4v) is 2.22. The van der Waals surface area contributed by atoms with Crippen LogP contribution in [-0.4, -0.2) is 12.2 Å². The first kappa shape index (κ1) is 14.7. The number of phenolic OH excluding ortho intramolecular Hbond substituents is 1. The second kappa shape index (κ2) is 6.64. The zero-order chi connectivity index (χ0) is 14.5. The average molecular weight is 292 g/mol. The molecule has 0 bridgehead atoms. The van der Waals surface area contributed by atoms with Crippen molar-refractivity contribution in [1.82, 2.24) is 5.32 Å².